The van der Waals surface area contributed by atoms with Gasteiger partial charge in [0.25, 0.3) is 0 Å². The molecule has 3 aliphatic rings. The number of anilines is 1. The Balaban J connectivity index is 0.927. The number of aryl methyl sites for hydroxylation is 2. The summed E-state index contributed by atoms with van der Waals surface area (Å²) < 4.78 is 8.08. The van der Waals surface area contributed by atoms with Crippen molar-refractivity contribution in [1.29, 1.82) is 0 Å². The van der Waals surface area contributed by atoms with Gasteiger partial charge in [-0.3, -0.25) is 14.4 Å². The van der Waals surface area contributed by atoms with Crippen LogP contribution in [0.1, 0.15) is 84.9 Å². The van der Waals surface area contributed by atoms with Crippen molar-refractivity contribution in [3.05, 3.63) is 76.7 Å². The third-order valence-electron chi connectivity index (χ3n) is 8.76. The first-order valence-corrected chi connectivity index (χ1v) is 14.9. The summed E-state index contributed by atoms with van der Waals surface area (Å²) in [7, 11) is 1.93. The number of fused-ring (bicyclic) bond motifs is 1. The summed E-state index contributed by atoms with van der Waals surface area (Å²) in [4.78, 5) is 19.0. The van der Waals surface area contributed by atoms with E-state index in [-0.39, 0.29) is 12.1 Å². The van der Waals surface area contributed by atoms with Crippen LogP contribution in [0.25, 0.3) is 0 Å². The van der Waals surface area contributed by atoms with Crippen LogP contribution in [-0.4, -0.2) is 63.1 Å². The first-order chi connectivity index (χ1) is 19.5. The van der Waals surface area contributed by atoms with Crippen molar-refractivity contribution >= 4 is 11.8 Å². The van der Waals surface area contributed by atoms with Gasteiger partial charge in [0.2, 0.25) is 0 Å². The highest BCUT2D eigenvalue weighted by Crippen LogP contribution is 2.39. The molecule has 3 aromatic rings. The quantitative estimate of drug-likeness (QED) is 0.287. The van der Waals surface area contributed by atoms with E-state index in [0.29, 0.717) is 12.5 Å². The van der Waals surface area contributed by atoms with Crippen LogP contribution in [0, 0.1) is 0 Å². The molecule has 1 atom stereocenters. The number of nitrogens with zero attached hydrogens (tertiary/aromatic N) is 4. The van der Waals surface area contributed by atoms with Gasteiger partial charge in [-0.15, -0.1) is 0 Å². The van der Waals surface area contributed by atoms with Gasteiger partial charge < -0.3 is 15.2 Å². The number of aliphatic carboxylic acids is 1. The standard InChI is InChI=1S/C32H41N5O3/c1-36(28-17-29(18-28)40-16-3-2-6-27-14-13-25-5-4-15-33-31(25)35-27)30(32(38)39)24-9-7-22(8-10-24)20-37-21-26(19-34-37)23-11-12-23/h7-10,13-14,19,21,23,28-30H,2-6,11-12,15-18,20H2,1H3,(H,33,35)(H,38,39). The van der Waals surface area contributed by atoms with Gasteiger partial charge >= 0.3 is 5.97 Å². The summed E-state index contributed by atoms with van der Waals surface area (Å²) >= 11 is 0. The number of ether oxygens (including phenoxy) is 1. The fourth-order valence-electron chi connectivity index (χ4n) is 6.02. The fraction of sp³-hybridized carbons (Fsp3) is 0.531. The fourth-order valence-corrected chi connectivity index (χ4v) is 6.02. The van der Waals surface area contributed by atoms with E-state index in [1.54, 1.807) is 0 Å². The number of carbonyl (C=O) groups is 1. The average molecular weight is 544 g/mol. The van der Waals surface area contributed by atoms with E-state index in [1.165, 1.54) is 30.4 Å². The lowest BCUT2D eigenvalue weighted by Crippen LogP contribution is -2.49. The van der Waals surface area contributed by atoms with Gasteiger partial charge in [-0.25, -0.2) is 4.98 Å². The summed E-state index contributed by atoms with van der Waals surface area (Å²) in [5.41, 5.74) is 5.74. The Morgan fingerprint density at radius 2 is 2.00 bits per heavy atom. The SMILES string of the molecule is CN(C1CC(OCCCCc2ccc3c(n2)NCCC3)C1)C(C(=O)O)c1ccc(Cn2cc(C3CC3)cn2)cc1. The number of benzene rings is 1. The minimum absolute atomic E-state index is 0.211. The summed E-state index contributed by atoms with van der Waals surface area (Å²) in [6, 6.07) is 11.9. The maximum atomic E-state index is 12.3. The predicted octanol–water partition coefficient (Wildman–Crippen LogP) is 5.19. The molecule has 2 N–H and O–H groups in total. The Bertz CT molecular complexity index is 1300. The van der Waals surface area contributed by atoms with E-state index in [2.05, 4.69) is 28.7 Å². The first-order valence-electron chi connectivity index (χ1n) is 14.9. The molecule has 0 saturated heterocycles. The van der Waals surface area contributed by atoms with Crippen LogP contribution < -0.4 is 5.32 Å². The van der Waals surface area contributed by atoms with Crippen molar-refractivity contribution in [2.75, 3.05) is 25.5 Å². The van der Waals surface area contributed by atoms with Crippen molar-refractivity contribution in [2.45, 2.75) is 88.4 Å². The molecule has 2 saturated carbocycles. The molecule has 1 unspecified atom stereocenters. The van der Waals surface area contributed by atoms with Crippen molar-refractivity contribution in [3.8, 4) is 0 Å². The molecule has 2 aliphatic carbocycles. The molecule has 8 nitrogen and oxygen atoms in total. The predicted molar refractivity (Wildman–Crippen MR) is 155 cm³/mol. The Morgan fingerprint density at radius 1 is 1.18 bits per heavy atom. The Kier molecular flexibility index (Phi) is 8.16. The Labute approximate surface area is 236 Å². The molecule has 2 aromatic heterocycles. The van der Waals surface area contributed by atoms with Crippen molar-refractivity contribution in [3.63, 3.8) is 0 Å². The zero-order valence-corrected chi connectivity index (χ0v) is 23.5. The van der Waals surface area contributed by atoms with Crippen molar-refractivity contribution in [1.82, 2.24) is 19.7 Å². The lowest BCUT2D eigenvalue weighted by atomic mass is 9.86. The number of hydrogen-bond donors (Lipinski definition) is 2. The summed E-state index contributed by atoms with van der Waals surface area (Å²) in [5, 5.41) is 18.0. The highest BCUT2D eigenvalue weighted by molar-refractivity contribution is 5.75. The molecule has 0 bridgehead atoms. The van der Waals surface area contributed by atoms with Crippen molar-refractivity contribution in [2.24, 2.45) is 0 Å². The number of carboxylic acids is 1. The van der Waals surface area contributed by atoms with Gasteiger partial charge in [0.15, 0.2) is 0 Å². The highest BCUT2D eigenvalue weighted by Gasteiger charge is 2.38. The summed E-state index contributed by atoms with van der Waals surface area (Å²) in [6.07, 6.45) is 13.9. The molecule has 40 heavy (non-hydrogen) atoms. The number of hydrogen-bond acceptors (Lipinski definition) is 6. The van der Waals surface area contributed by atoms with Crippen LogP contribution in [0.5, 0.6) is 0 Å². The summed E-state index contributed by atoms with van der Waals surface area (Å²) in [5.74, 6) is 0.947. The second-order valence-electron chi connectivity index (χ2n) is 11.8. The zero-order chi connectivity index (χ0) is 27.5. The highest BCUT2D eigenvalue weighted by atomic mass is 16.5. The molecule has 3 heterocycles. The maximum Gasteiger partial charge on any atom is 0.325 e. The summed E-state index contributed by atoms with van der Waals surface area (Å²) in [6.45, 7) is 2.46. The molecule has 0 radical (unpaired) electrons. The number of likely N-dealkylation sites (N-methyl/N-ethyl adjacent to an activating group) is 1. The largest absolute Gasteiger partial charge is 0.480 e. The molecule has 0 amide bonds. The normalized spacial score (nSPS) is 20.9. The van der Waals surface area contributed by atoms with Gasteiger partial charge in [0.05, 0.1) is 18.8 Å². The second kappa shape index (κ2) is 12.1. The third kappa shape index (κ3) is 6.39. The number of aromatic nitrogens is 3. The van der Waals surface area contributed by atoms with Gasteiger partial charge in [-0.2, -0.15) is 5.10 Å². The number of rotatable bonds is 13. The average Bonchev–Trinajstić information content (AvgIpc) is 3.68. The molecular weight excluding hydrogens is 502 g/mol. The molecule has 0 spiro atoms. The van der Waals surface area contributed by atoms with Crippen LogP contribution in [0.15, 0.2) is 48.8 Å². The van der Waals surface area contributed by atoms with Crippen LogP contribution in [0.4, 0.5) is 5.82 Å². The number of pyridine rings is 1. The number of carboxylic acid groups (broad SMARTS) is 1. The molecule has 1 aliphatic heterocycles. The Morgan fingerprint density at radius 3 is 2.77 bits per heavy atom. The number of unbranched alkanes of at least 4 members (excludes halogenated alkanes) is 1. The molecule has 8 heteroatoms. The molecule has 1 aromatic carbocycles. The maximum absolute atomic E-state index is 12.3. The van der Waals surface area contributed by atoms with Crippen LogP contribution >= 0.6 is 0 Å². The topological polar surface area (TPSA) is 92.5 Å². The van der Waals surface area contributed by atoms with Gasteiger partial charge in [0.1, 0.15) is 11.9 Å². The minimum Gasteiger partial charge on any atom is -0.480 e. The third-order valence-corrected chi connectivity index (χ3v) is 8.76. The van der Waals surface area contributed by atoms with Crippen molar-refractivity contribution < 1.29 is 14.6 Å². The van der Waals surface area contributed by atoms with E-state index in [4.69, 9.17) is 9.72 Å². The van der Waals surface area contributed by atoms with E-state index >= 15 is 0 Å². The second-order valence-corrected chi connectivity index (χ2v) is 11.8. The van der Waals surface area contributed by atoms with E-state index in [0.717, 1.165) is 74.3 Å². The Hall–Kier alpha value is -3.23. The zero-order valence-electron chi connectivity index (χ0n) is 23.5. The lowest BCUT2D eigenvalue weighted by Gasteiger charge is -2.43. The number of nitrogens with one attached hydrogen (secondary N) is 1. The van der Waals surface area contributed by atoms with Crippen LogP contribution in [0.3, 0.4) is 0 Å². The van der Waals surface area contributed by atoms with Crippen LogP contribution in [0.2, 0.25) is 0 Å². The molecular formula is C32H41N5O3. The van der Waals surface area contributed by atoms with Gasteiger partial charge in [-0.1, -0.05) is 30.3 Å². The van der Waals surface area contributed by atoms with E-state index in [1.807, 2.05) is 47.1 Å². The smallest absolute Gasteiger partial charge is 0.325 e. The lowest BCUT2D eigenvalue weighted by molar-refractivity contribution is -0.146. The van der Waals surface area contributed by atoms with E-state index < -0.39 is 12.0 Å². The van der Waals surface area contributed by atoms with Crippen LogP contribution in [-0.2, 0) is 28.9 Å². The van der Waals surface area contributed by atoms with Gasteiger partial charge in [0, 0.05) is 31.1 Å². The first kappa shape index (κ1) is 27.0. The van der Waals surface area contributed by atoms with Gasteiger partial charge in [-0.05, 0) is 99.1 Å². The minimum atomic E-state index is -0.813. The molecule has 212 valence electrons. The van der Waals surface area contributed by atoms with E-state index in [9.17, 15) is 9.90 Å². The molecule has 2 fully saturated rings. The monoisotopic (exact) mass is 543 g/mol. The molecule has 6 rings (SSSR count).